The molecule has 8 aromatic carbocycles. The minimum absolute atomic E-state index is 0.195. The van der Waals surface area contributed by atoms with E-state index in [4.69, 9.17) is 0 Å². The predicted molar refractivity (Wildman–Crippen MR) is 230 cm³/mol. The molecular weight excluding hydrogens is 689 g/mol. The summed E-state index contributed by atoms with van der Waals surface area (Å²) in [4.78, 5) is 0. The van der Waals surface area contributed by atoms with Crippen LogP contribution in [0.15, 0.2) is 183 Å². The van der Waals surface area contributed by atoms with Crippen molar-refractivity contribution in [2.24, 2.45) is 0 Å². The van der Waals surface area contributed by atoms with Crippen molar-refractivity contribution in [3.63, 3.8) is 0 Å². The molecule has 4 N–H and O–H groups in total. The fourth-order valence-corrected chi connectivity index (χ4v) is 7.50. The van der Waals surface area contributed by atoms with Gasteiger partial charge in [0.25, 0.3) is 0 Å². The number of fused-ring (bicyclic) bond motifs is 2. The van der Waals surface area contributed by atoms with Gasteiger partial charge >= 0.3 is 0 Å². The average molecular weight is 729 g/mol. The Morgan fingerprint density at radius 3 is 0.911 bits per heavy atom. The minimum atomic E-state index is -1.44. The van der Waals surface area contributed by atoms with Crippen LogP contribution in [0.4, 0.5) is 0 Å². The summed E-state index contributed by atoms with van der Waals surface area (Å²) in [7, 11) is 0. The molecule has 0 heterocycles. The van der Waals surface area contributed by atoms with Gasteiger partial charge in [-0.15, -0.1) is 0 Å². The van der Waals surface area contributed by atoms with Gasteiger partial charge in [0.15, 0.2) is 0 Å². The molecule has 0 radical (unpaired) electrons. The second-order valence-electron chi connectivity index (χ2n) is 14.1. The molecule has 0 amide bonds. The number of aliphatic hydroxyl groups is 2. The third-order valence-electron chi connectivity index (χ3n) is 10.7. The van der Waals surface area contributed by atoms with Crippen LogP contribution < -0.4 is 0 Å². The summed E-state index contributed by atoms with van der Waals surface area (Å²) in [5, 5.41) is 48.8. The maximum Gasteiger partial charge on any atom is 0.140 e. The highest BCUT2D eigenvalue weighted by molar-refractivity contribution is 5.86. The molecule has 0 spiro atoms. The SMILES string of the molecule is C=Cc1ccc(C(O)(c2ccc(/C=C/c3ccc(C(O)(c4ccc(C=C)cc4)c4ccc5cc(O)ccc5c4)cc3)cc2)c2ccc3cc(O)ccc3c2)cc1. The third kappa shape index (κ3) is 6.69. The first-order valence-corrected chi connectivity index (χ1v) is 18.4. The van der Waals surface area contributed by atoms with Crippen molar-refractivity contribution in [1.29, 1.82) is 0 Å². The molecule has 8 aromatic rings. The summed E-state index contributed by atoms with van der Waals surface area (Å²) >= 11 is 0. The Morgan fingerprint density at radius 1 is 0.321 bits per heavy atom. The molecule has 0 aliphatic heterocycles. The molecule has 0 bridgehead atoms. The molecule has 4 nitrogen and oxygen atoms in total. The highest BCUT2D eigenvalue weighted by Gasteiger charge is 2.35. The third-order valence-corrected chi connectivity index (χ3v) is 10.7. The number of aromatic hydroxyl groups is 2. The maximum absolute atomic E-state index is 12.6. The van der Waals surface area contributed by atoms with E-state index in [1.165, 1.54) is 0 Å². The monoisotopic (exact) mass is 728 g/mol. The summed E-state index contributed by atoms with van der Waals surface area (Å²) in [5.74, 6) is 0.390. The lowest BCUT2D eigenvalue weighted by Gasteiger charge is -2.31. The van der Waals surface area contributed by atoms with Crippen LogP contribution in [-0.4, -0.2) is 20.4 Å². The fourth-order valence-electron chi connectivity index (χ4n) is 7.50. The summed E-state index contributed by atoms with van der Waals surface area (Å²) < 4.78 is 0. The van der Waals surface area contributed by atoms with Crippen LogP contribution in [0.1, 0.15) is 55.6 Å². The summed E-state index contributed by atoms with van der Waals surface area (Å²) in [5.41, 5.74) is 5.25. The van der Waals surface area contributed by atoms with Gasteiger partial charge in [0, 0.05) is 0 Å². The van der Waals surface area contributed by atoms with E-state index in [0.717, 1.165) is 66.1 Å². The van der Waals surface area contributed by atoms with E-state index in [1.54, 1.807) is 36.4 Å². The highest BCUT2D eigenvalue weighted by Crippen LogP contribution is 2.40. The van der Waals surface area contributed by atoms with Gasteiger partial charge in [-0.2, -0.15) is 0 Å². The first-order chi connectivity index (χ1) is 27.2. The molecule has 4 heteroatoms. The molecule has 56 heavy (non-hydrogen) atoms. The maximum atomic E-state index is 12.6. The Balaban J connectivity index is 1.10. The van der Waals surface area contributed by atoms with Gasteiger partial charge in [0.2, 0.25) is 0 Å². The summed E-state index contributed by atoms with van der Waals surface area (Å²) in [6, 6.07) is 53.3. The predicted octanol–water partition coefficient (Wildman–Crippen LogP) is 11.4. The number of hydrogen-bond acceptors (Lipinski definition) is 4. The highest BCUT2D eigenvalue weighted by atomic mass is 16.3. The molecular formula is C52H40O4. The number of benzene rings is 8. The molecule has 0 aromatic heterocycles. The molecule has 0 saturated carbocycles. The zero-order chi connectivity index (χ0) is 38.9. The summed E-state index contributed by atoms with van der Waals surface area (Å²) in [6.45, 7) is 7.75. The van der Waals surface area contributed by atoms with Crippen molar-refractivity contribution in [2.75, 3.05) is 0 Å². The van der Waals surface area contributed by atoms with Gasteiger partial charge in [-0.3, -0.25) is 0 Å². The van der Waals surface area contributed by atoms with Crippen LogP contribution >= 0.6 is 0 Å². The van der Waals surface area contributed by atoms with Gasteiger partial charge < -0.3 is 20.4 Å². The number of rotatable bonds is 10. The lowest BCUT2D eigenvalue weighted by Crippen LogP contribution is -2.28. The van der Waals surface area contributed by atoms with Crippen molar-refractivity contribution >= 4 is 45.8 Å². The van der Waals surface area contributed by atoms with Crippen LogP contribution in [0.5, 0.6) is 11.5 Å². The molecule has 2 atom stereocenters. The summed E-state index contributed by atoms with van der Waals surface area (Å²) in [6.07, 6.45) is 7.61. The zero-order valence-corrected chi connectivity index (χ0v) is 30.7. The lowest BCUT2D eigenvalue weighted by molar-refractivity contribution is 0.125. The number of phenolic OH excluding ortho intramolecular Hbond substituents is 2. The average Bonchev–Trinajstić information content (AvgIpc) is 3.25. The van der Waals surface area contributed by atoms with Crippen molar-refractivity contribution < 1.29 is 20.4 Å². The Kier molecular flexibility index (Phi) is 9.45. The van der Waals surface area contributed by atoms with Gasteiger partial charge in [-0.05, 0) is 114 Å². The van der Waals surface area contributed by atoms with Gasteiger partial charge in [0.1, 0.15) is 22.7 Å². The largest absolute Gasteiger partial charge is 0.508 e. The van der Waals surface area contributed by atoms with Crippen molar-refractivity contribution in [2.45, 2.75) is 11.2 Å². The van der Waals surface area contributed by atoms with E-state index < -0.39 is 11.2 Å². The van der Waals surface area contributed by atoms with E-state index in [9.17, 15) is 20.4 Å². The van der Waals surface area contributed by atoms with Crippen molar-refractivity contribution in [3.05, 3.63) is 239 Å². The first-order valence-electron chi connectivity index (χ1n) is 18.4. The quantitative estimate of drug-likeness (QED) is 0.0835. The van der Waals surface area contributed by atoms with E-state index in [1.807, 2.05) is 158 Å². The fraction of sp³-hybridized carbons (Fsp3) is 0.0385. The van der Waals surface area contributed by atoms with Gasteiger partial charge in [-0.1, -0.05) is 171 Å². The minimum Gasteiger partial charge on any atom is -0.508 e. The smallest absolute Gasteiger partial charge is 0.140 e. The van der Waals surface area contributed by atoms with Crippen LogP contribution in [-0.2, 0) is 11.2 Å². The van der Waals surface area contributed by atoms with Gasteiger partial charge in [-0.25, -0.2) is 0 Å². The Hall–Kier alpha value is -6.98. The Bertz CT molecular complexity index is 2550. The van der Waals surface area contributed by atoms with E-state index in [-0.39, 0.29) is 11.5 Å². The van der Waals surface area contributed by atoms with E-state index in [0.29, 0.717) is 11.1 Å². The van der Waals surface area contributed by atoms with Crippen LogP contribution in [0.25, 0.3) is 45.8 Å². The Labute approximate surface area is 326 Å². The van der Waals surface area contributed by atoms with Crippen LogP contribution in [0.2, 0.25) is 0 Å². The number of hydrogen-bond donors (Lipinski definition) is 4. The van der Waals surface area contributed by atoms with Crippen molar-refractivity contribution in [3.8, 4) is 11.5 Å². The standard InChI is InChI=1S/C52H40O4/c1-3-35-7-19-43(20-8-35)51(55,47-27-15-41-33-49(53)29-17-39(41)31-47)45-23-11-37(12-24-45)5-6-38-13-25-46(26-14-38)52(56,44-21-9-36(4-2)10-22-44)48-28-16-42-34-50(54)30-18-40(42)32-48/h3-34,53-56H,1-2H2/b6-5+. The molecule has 0 aliphatic carbocycles. The second-order valence-corrected chi connectivity index (χ2v) is 14.1. The van der Waals surface area contributed by atoms with E-state index in [2.05, 4.69) is 13.2 Å². The van der Waals surface area contributed by atoms with Crippen LogP contribution in [0.3, 0.4) is 0 Å². The molecule has 272 valence electrons. The molecule has 0 aliphatic rings. The second kappa shape index (κ2) is 14.7. The zero-order valence-electron chi connectivity index (χ0n) is 30.7. The lowest BCUT2D eigenvalue weighted by atomic mass is 9.79. The van der Waals surface area contributed by atoms with Crippen molar-refractivity contribution in [1.82, 2.24) is 0 Å². The molecule has 8 rings (SSSR count). The normalized spacial score (nSPS) is 13.7. The first kappa shape index (κ1) is 36.0. The van der Waals surface area contributed by atoms with Crippen LogP contribution in [0, 0.1) is 0 Å². The van der Waals surface area contributed by atoms with E-state index >= 15 is 0 Å². The molecule has 0 saturated heterocycles. The number of phenols is 2. The van der Waals surface area contributed by atoms with Gasteiger partial charge in [0.05, 0.1) is 0 Å². The topological polar surface area (TPSA) is 80.9 Å². The molecule has 0 fully saturated rings. The Morgan fingerprint density at radius 2 is 0.589 bits per heavy atom. The molecule has 2 unspecified atom stereocenters.